The van der Waals surface area contributed by atoms with Gasteiger partial charge in [0.15, 0.2) is 0 Å². The summed E-state index contributed by atoms with van der Waals surface area (Å²) in [6.07, 6.45) is -3.57. The molecule has 1 aromatic heterocycles. The van der Waals surface area contributed by atoms with Gasteiger partial charge in [-0.25, -0.2) is 9.37 Å². The molecule has 0 aliphatic rings. The molecule has 0 spiro atoms. The van der Waals surface area contributed by atoms with Crippen LogP contribution in [0, 0.1) is 12.7 Å². The summed E-state index contributed by atoms with van der Waals surface area (Å²) in [6, 6.07) is 2.21. The van der Waals surface area contributed by atoms with E-state index in [4.69, 9.17) is 5.73 Å². The molecule has 0 radical (unpaired) electrons. The van der Waals surface area contributed by atoms with Crippen LogP contribution in [-0.4, -0.2) is 9.97 Å². The van der Waals surface area contributed by atoms with Crippen molar-refractivity contribution in [3.8, 4) is 11.3 Å². The van der Waals surface area contributed by atoms with Crippen molar-refractivity contribution >= 4 is 5.69 Å². The summed E-state index contributed by atoms with van der Waals surface area (Å²) in [4.78, 5) is 6.49. The highest BCUT2D eigenvalue weighted by molar-refractivity contribution is 5.66. The molecule has 0 bridgehead atoms. The van der Waals surface area contributed by atoms with E-state index in [1.807, 2.05) is 0 Å². The highest BCUT2D eigenvalue weighted by atomic mass is 19.4. The van der Waals surface area contributed by atoms with Gasteiger partial charge in [-0.05, 0) is 19.1 Å². The Morgan fingerprint density at radius 2 is 1.94 bits per heavy atom. The number of nitrogens with two attached hydrogens (primary N) is 1. The van der Waals surface area contributed by atoms with Crippen molar-refractivity contribution < 1.29 is 17.6 Å². The molecule has 0 unspecified atom stereocenters. The lowest BCUT2D eigenvalue weighted by Gasteiger charge is -2.13. The minimum absolute atomic E-state index is 0.176. The number of rotatable bonds is 1. The number of hydrogen-bond donors (Lipinski definition) is 2. The zero-order chi connectivity index (χ0) is 13.5. The predicted octanol–water partition coefficient (Wildman–Crippen LogP) is 3.13. The van der Waals surface area contributed by atoms with Crippen LogP contribution in [0.25, 0.3) is 11.3 Å². The smallest absolute Gasteiger partial charge is 0.398 e. The van der Waals surface area contributed by atoms with Crippen molar-refractivity contribution in [2.75, 3.05) is 5.73 Å². The standard InChI is InChI=1S/C11H9F4N3/c1-5-17-4-8(18-5)6-2-3-7(16)9(10(6)12)11(13,14)15/h2-4H,16H2,1H3,(H,17,18). The maximum absolute atomic E-state index is 13.9. The number of halogens is 4. The van der Waals surface area contributed by atoms with Crippen molar-refractivity contribution in [3.05, 3.63) is 35.5 Å². The van der Waals surface area contributed by atoms with Crippen molar-refractivity contribution in [1.82, 2.24) is 9.97 Å². The Balaban J connectivity index is 2.65. The molecule has 18 heavy (non-hydrogen) atoms. The molecule has 0 saturated heterocycles. The van der Waals surface area contributed by atoms with Crippen LogP contribution in [0.5, 0.6) is 0 Å². The average Bonchev–Trinajstić information content (AvgIpc) is 2.62. The van der Waals surface area contributed by atoms with E-state index in [9.17, 15) is 17.6 Å². The summed E-state index contributed by atoms with van der Waals surface area (Å²) in [5.41, 5.74) is 3.05. The number of nitrogen functional groups attached to an aromatic ring is 1. The molecular formula is C11H9F4N3. The van der Waals surface area contributed by atoms with Crippen molar-refractivity contribution in [2.45, 2.75) is 13.1 Å². The second-order valence-corrected chi connectivity index (χ2v) is 3.77. The van der Waals surface area contributed by atoms with Crippen LogP contribution < -0.4 is 5.73 Å². The van der Waals surface area contributed by atoms with Gasteiger partial charge >= 0.3 is 6.18 Å². The molecule has 2 rings (SSSR count). The first-order chi connectivity index (χ1) is 8.30. The lowest BCUT2D eigenvalue weighted by molar-refractivity contribution is -0.139. The molecule has 3 nitrogen and oxygen atoms in total. The number of imidazole rings is 1. The minimum Gasteiger partial charge on any atom is -0.398 e. The number of aromatic amines is 1. The number of hydrogen-bond acceptors (Lipinski definition) is 2. The second kappa shape index (κ2) is 4.01. The molecule has 96 valence electrons. The van der Waals surface area contributed by atoms with Crippen LogP contribution in [-0.2, 0) is 6.18 Å². The third kappa shape index (κ3) is 2.03. The summed E-state index contributed by atoms with van der Waals surface area (Å²) < 4.78 is 51.9. The van der Waals surface area contributed by atoms with Crippen LogP contribution in [0.1, 0.15) is 11.4 Å². The number of nitrogens with zero attached hydrogens (tertiary/aromatic N) is 1. The third-order valence-electron chi connectivity index (χ3n) is 2.45. The topological polar surface area (TPSA) is 54.7 Å². The van der Waals surface area contributed by atoms with Crippen LogP contribution >= 0.6 is 0 Å². The van der Waals surface area contributed by atoms with Gasteiger partial charge in [-0.2, -0.15) is 13.2 Å². The summed E-state index contributed by atoms with van der Waals surface area (Å²) in [6.45, 7) is 1.61. The number of aromatic nitrogens is 2. The number of alkyl halides is 3. The molecule has 7 heteroatoms. The fraction of sp³-hybridized carbons (Fsp3) is 0.182. The Kier molecular flexibility index (Phi) is 2.76. The fourth-order valence-corrected chi connectivity index (χ4v) is 1.64. The Bertz CT molecular complexity index is 586. The van der Waals surface area contributed by atoms with Crippen molar-refractivity contribution in [3.63, 3.8) is 0 Å². The van der Waals surface area contributed by atoms with Crippen LogP contribution in [0.3, 0.4) is 0 Å². The number of benzene rings is 1. The number of H-pyrrole nitrogens is 1. The van der Waals surface area contributed by atoms with E-state index >= 15 is 0 Å². The first kappa shape index (κ1) is 12.4. The van der Waals surface area contributed by atoms with Gasteiger partial charge < -0.3 is 10.7 Å². The minimum atomic E-state index is -4.83. The summed E-state index contributed by atoms with van der Waals surface area (Å²) in [5.74, 6) is -0.916. The average molecular weight is 259 g/mol. The van der Waals surface area contributed by atoms with Gasteiger partial charge in [0.2, 0.25) is 0 Å². The first-order valence-corrected chi connectivity index (χ1v) is 4.98. The van der Waals surface area contributed by atoms with E-state index in [-0.39, 0.29) is 11.3 Å². The molecule has 3 N–H and O–H groups in total. The summed E-state index contributed by atoms with van der Waals surface area (Å²) >= 11 is 0. The van der Waals surface area contributed by atoms with Crippen LogP contribution in [0.2, 0.25) is 0 Å². The molecule has 0 aliphatic carbocycles. The Labute approximate surface area is 99.6 Å². The Morgan fingerprint density at radius 3 is 2.44 bits per heavy atom. The zero-order valence-corrected chi connectivity index (χ0v) is 9.27. The largest absolute Gasteiger partial charge is 0.421 e. The fourth-order valence-electron chi connectivity index (χ4n) is 1.64. The van der Waals surface area contributed by atoms with E-state index in [1.54, 1.807) is 6.92 Å². The second-order valence-electron chi connectivity index (χ2n) is 3.77. The van der Waals surface area contributed by atoms with Crippen molar-refractivity contribution in [1.29, 1.82) is 0 Å². The maximum Gasteiger partial charge on any atom is 0.421 e. The molecule has 1 aromatic carbocycles. The van der Waals surface area contributed by atoms with E-state index in [1.165, 1.54) is 12.3 Å². The Morgan fingerprint density at radius 1 is 1.28 bits per heavy atom. The molecule has 2 aromatic rings. The van der Waals surface area contributed by atoms with Gasteiger partial charge in [0.05, 0.1) is 11.9 Å². The molecule has 1 heterocycles. The van der Waals surface area contributed by atoms with Crippen molar-refractivity contribution in [2.24, 2.45) is 0 Å². The van der Waals surface area contributed by atoms with Crippen LogP contribution in [0.4, 0.5) is 23.2 Å². The third-order valence-corrected chi connectivity index (χ3v) is 2.45. The van der Waals surface area contributed by atoms with Gasteiger partial charge in [-0.1, -0.05) is 0 Å². The zero-order valence-electron chi connectivity index (χ0n) is 9.27. The SMILES string of the molecule is Cc1ncc(-c2ccc(N)c(C(F)(F)F)c2F)[nH]1. The Hall–Kier alpha value is -2.05. The highest BCUT2D eigenvalue weighted by Crippen LogP contribution is 2.38. The number of nitrogens with one attached hydrogen (secondary N) is 1. The molecule has 0 saturated carbocycles. The lowest BCUT2D eigenvalue weighted by atomic mass is 10.1. The number of aryl methyl sites for hydroxylation is 1. The van der Waals surface area contributed by atoms with Gasteiger partial charge in [0.1, 0.15) is 17.2 Å². The summed E-state index contributed by atoms with van der Waals surface area (Å²) in [5, 5.41) is 0. The molecule has 0 aliphatic heterocycles. The van der Waals surface area contributed by atoms with Gasteiger partial charge in [-0.15, -0.1) is 0 Å². The van der Waals surface area contributed by atoms with E-state index < -0.39 is 23.2 Å². The lowest BCUT2D eigenvalue weighted by Crippen LogP contribution is -2.12. The molecule has 0 atom stereocenters. The van der Waals surface area contributed by atoms with Gasteiger partial charge in [-0.3, -0.25) is 0 Å². The number of anilines is 1. The maximum atomic E-state index is 13.9. The molecule has 0 fully saturated rings. The van der Waals surface area contributed by atoms with E-state index in [0.717, 1.165) is 6.07 Å². The molecular weight excluding hydrogens is 250 g/mol. The quantitative estimate of drug-likeness (QED) is 0.610. The normalized spacial score (nSPS) is 11.8. The van der Waals surface area contributed by atoms with E-state index in [2.05, 4.69) is 9.97 Å². The van der Waals surface area contributed by atoms with Gasteiger partial charge in [0.25, 0.3) is 0 Å². The van der Waals surface area contributed by atoms with E-state index in [0.29, 0.717) is 5.82 Å². The monoisotopic (exact) mass is 259 g/mol. The highest BCUT2D eigenvalue weighted by Gasteiger charge is 2.37. The first-order valence-electron chi connectivity index (χ1n) is 4.98. The molecule has 0 amide bonds. The summed E-state index contributed by atoms with van der Waals surface area (Å²) in [7, 11) is 0. The van der Waals surface area contributed by atoms with Gasteiger partial charge in [0, 0.05) is 11.3 Å². The predicted molar refractivity (Wildman–Crippen MR) is 58.1 cm³/mol. The van der Waals surface area contributed by atoms with Crippen LogP contribution in [0.15, 0.2) is 18.3 Å².